The van der Waals surface area contributed by atoms with Gasteiger partial charge in [-0.25, -0.2) is 0 Å². The van der Waals surface area contributed by atoms with Crippen LogP contribution in [0, 0.1) is 23.2 Å². The molecule has 110 valence electrons. The fourth-order valence-corrected chi connectivity index (χ4v) is 3.23. The maximum atomic E-state index is 12.6. The van der Waals surface area contributed by atoms with E-state index in [1.165, 1.54) is 0 Å². The summed E-state index contributed by atoms with van der Waals surface area (Å²) in [6, 6.07) is 0. The number of aliphatic carboxylic acids is 1. The van der Waals surface area contributed by atoms with Gasteiger partial charge in [0, 0.05) is 18.5 Å². The molecule has 1 amide bonds. The summed E-state index contributed by atoms with van der Waals surface area (Å²) >= 11 is 0. The molecule has 0 aromatic rings. The van der Waals surface area contributed by atoms with Crippen LogP contribution in [-0.2, 0) is 9.59 Å². The van der Waals surface area contributed by atoms with Crippen molar-refractivity contribution in [1.29, 1.82) is 0 Å². The first-order chi connectivity index (χ1) is 8.65. The second kappa shape index (κ2) is 5.93. The van der Waals surface area contributed by atoms with Crippen molar-refractivity contribution >= 4 is 11.9 Å². The third-order valence-electron chi connectivity index (χ3n) is 4.01. The van der Waals surface area contributed by atoms with Crippen molar-refractivity contribution in [2.24, 2.45) is 23.2 Å². The zero-order valence-corrected chi connectivity index (χ0v) is 12.8. The summed E-state index contributed by atoms with van der Waals surface area (Å²) in [5.41, 5.74) is -0.357. The molecule has 1 aliphatic heterocycles. The summed E-state index contributed by atoms with van der Waals surface area (Å²) in [6.07, 6.45) is 1.43. The van der Waals surface area contributed by atoms with E-state index in [0.29, 0.717) is 25.4 Å². The lowest BCUT2D eigenvalue weighted by Gasteiger charge is -2.39. The Labute approximate surface area is 116 Å². The van der Waals surface area contributed by atoms with Crippen molar-refractivity contribution < 1.29 is 14.7 Å². The van der Waals surface area contributed by atoms with E-state index in [-0.39, 0.29) is 23.2 Å². The topological polar surface area (TPSA) is 57.6 Å². The van der Waals surface area contributed by atoms with Gasteiger partial charge in [-0.05, 0) is 24.7 Å². The number of rotatable bonds is 4. The number of carboxylic acid groups (broad SMARTS) is 1. The Morgan fingerprint density at radius 1 is 1.37 bits per heavy atom. The molecule has 0 aromatic carbocycles. The van der Waals surface area contributed by atoms with Crippen LogP contribution in [0.2, 0.25) is 0 Å². The third-order valence-corrected chi connectivity index (χ3v) is 4.01. The van der Waals surface area contributed by atoms with Crippen LogP contribution in [0.4, 0.5) is 0 Å². The third kappa shape index (κ3) is 3.95. The Hall–Kier alpha value is -1.06. The maximum Gasteiger partial charge on any atom is 0.306 e. The molecule has 4 heteroatoms. The zero-order chi connectivity index (χ0) is 14.8. The minimum Gasteiger partial charge on any atom is -0.481 e. The number of carboxylic acids is 1. The number of likely N-dealkylation sites (tertiary alicyclic amines) is 1. The average Bonchev–Trinajstić information content (AvgIpc) is 2.25. The summed E-state index contributed by atoms with van der Waals surface area (Å²) in [6.45, 7) is 11.3. The molecule has 2 unspecified atom stereocenters. The quantitative estimate of drug-likeness (QED) is 0.853. The zero-order valence-electron chi connectivity index (χ0n) is 12.8. The first-order valence-electron chi connectivity index (χ1n) is 7.17. The molecule has 4 nitrogen and oxygen atoms in total. The minimum absolute atomic E-state index is 0.0325. The van der Waals surface area contributed by atoms with E-state index in [1.807, 2.05) is 25.7 Å². The van der Waals surface area contributed by atoms with Gasteiger partial charge in [0.2, 0.25) is 5.91 Å². The number of hydrogen-bond donors (Lipinski definition) is 1. The van der Waals surface area contributed by atoms with Gasteiger partial charge in [-0.3, -0.25) is 9.59 Å². The maximum absolute atomic E-state index is 12.6. The molecule has 0 aromatic heterocycles. The number of piperidine rings is 1. The summed E-state index contributed by atoms with van der Waals surface area (Å²) in [7, 11) is 0. The molecule has 1 fully saturated rings. The standard InChI is InChI=1S/C15H27NO3/c1-10(2)8-15(4,5)14(19)16-7-6-12(13(17)18)11(3)9-16/h10-12H,6-9H2,1-5H3,(H,17,18). The molecule has 2 atom stereocenters. The van der Waals surface area contributed by atoms with Crippen molar-refractivity contribution in [2.75, 3.05) is 13.1 Å². The van der Waals surface area contributed by atoms with Gasteiger partial charge in [0.05, 0.1) is 5.92 Å². The van der Waals surface area contributed by atoms with E-state index in [0.717, 1.165) is 6.42 Å². The van der Waals surface area contributed by atoms with Gasteiger partial charge in [-0.1, -0.05) is 34.6 Å². The fraction of sp³-hybridized carbons (Fsp3) is 0.867. The second-order valence-electron chi connectivity index (χ2n) is 6.94. The van der Waals surface area contributed by atoms with E-state index in [9.17, 15) is 9.59 Å². The highest BCUT2D eigenvalue weighted by Crippen LogP contribution is 2.31. The average molecular weight is 269 g/mol. The smallest absolute Gasteiger partial charge is 0.306 e. The largest absolute Gasteiger partial charge is 0.481 e. The fourth-order valence-electron chi connectivity index (χ4n) is 3.23. The van der Waals surface area contributed by atoms with Crippen LogP contribution in [0.1, 0.15) is 47.5 Å². The summed E-state index contributed by atoms with van der Waals surface area (Å²) < 4.78 is 0. The molecule has 1 saturated heterocycles. The van der Waals surface area contributed by atoms with E-state index in [2.05, 4.69) is 13.8 Å². The monoisotopic (exact) mass is 269 g/mol. The Morgan fingerprint density at radius 2 is 1.95 bits per heavy atom. The highest BCUT2D eigenvalue weighted by molar-refractivity contribution is 5.82. The predicted octanol–water partition coefficient (Wildman–Crippen LogP) is 2.63. The molecule has 0 aliphatic carbocycles. The van der Waals surface area contributed by atoms with Crippen molar-refractivity contribution in [3.63, 3.8) is 0 Å². The minimum atomic E-state index is -0.735. The van der Waals surface area contributed by atoms with Gasteiger partial charge >= 0.3 is 5.97 Å². The summed E-state index contributed by atoms with van der Waals surface area (Å²) in [4.78, 5) is 25.5. The first kappa shape index (κ1) is 16.0. The van der Waals surface area contributed by atoms with Crippen LogP contribution in [0.3, 0.4) is 0 Å². The number of nitrogens with zero attached hydrogens (tertiary/aromatic N) is 1. The van der Waals surface area contributed by atoms with E-state index >= 15 is 0 Å². The van der Waals surface area contributed by atoms with Crippen LogP contribution in [0.5, 0.6) is 0 Å². The van der Waals surface area contributed by atoms with Gasteiger partial charge in [-0.15, -0.1) is 0 Å². The molecule has 1 N–H and O–H groups in total. The van der Waals surface area contributed by atoms with Crippen molar-refractivity contribution in [1.82, 2.24) is 4.90 Å². The Morgan fingerprint density at radius 3 is 2.37 bits per heavy atom. The number of hydrogen-bond acceptors (Lipinski definition) is 2. The van der Waals surface area contributed by atoms with Gasteiger partial charge in [-0.2, -0.15) is 0 Å². The van der Waals surface area contributed by atoms with Crippen LogP contribution in [0.25, 0.3) is 0 Å². The highest BCUT2D eigenvalue weighted by atomic mass is 16.4. The lowest BCUT2D eigenvalue weighted by atomic mass is 9.80. The molecule has 1 heterocycles. The molecule has 1 rings (SSSR count). The van der Waals surface area contributed by atoms with Crippen LogP contribution >= 0.6 is 0 Å². The lowest BCUT2D eigenvalue weighted by Crippen LogP contribution is -2.49. The van der Waals surface area contributed by atoms with Gasteiger partial charge in [0.1, 0.15) is 0 Å². The first-order valence-corrected chi connectivity index (χ1v) is 7.17. The molecule has 0 bridgehead atoms. The van der Waals surface area contributed by atoms with E-state index in [4.69, 9.17) is 5.11 Å². The second-order valence-corrected chi connectivity index (χ2v) is 6.94. The van der Waals surface area contributed by atoms with Crippen molar-refractivity contribution in [2.45, 2.75) is 47.5 Å². The van der Waals surface area contributed by atoms with Crippen LogP contribution < -0.4 is 0 Å². The molecular formula is C15H27NO3. The molecular weight excluding hydrogens is 242 g/mol. The van der Waals surface area contributed by atoms with Crippen molar-refractivity contribution in [3.8, 4) is 0 Å². The number of amides is 1. The van der Waals surface area contributed by atoms with Gasteiger partial charge < -0.3 is 10.0 Å². The van der Waals surface area contributed by atoms with Crippen molar-refractivity contribution in [3.05, 3.63) is 0 Å². The van der Waals surface area contributed by atoms with Crippen LogP contribution in [-0.4, -0.2) is 35.0 Å². The predicted molar refractivity (Wildman–Crippen MR) is 74.7 cm³/mol. The Kier molecular flexibility index (Phi) is 4.99. The SMILES string of the molecule is CC(C)CC(C)(C)C(=O)N1CCC(C(=O)O)C(C)C1. The molecule has 0 saturated carbocycles. The van der Waals surface area contributed by atoms with Crippen LogP contribution in [0.15, 0.2) is 0 Å². The Bertz CT molecular complexity index is 349. The number of carbonyl (C=O) groups excluding carboxylic acids is 1. The van der Waals surface area contributed by atoms with Gasteiger partial charge in [0.15, 0.2) is 0 Å². The highest BCUT2D eigenvalue weighted by Gasteiger charge is 2.38. The molecule has 0 spiro atoms. The molecule has 0 radical (unpaired) electrons. The summed E-state index contributed by atoms with van der Waals surface area (Å²) in [5.74, 6) is -0.367. The lowest BCUT2D eigenvalue weighted by molar-refractivity contribution is -0.151. The normalized spacial score (nSPS) is 24.6. The summed E-state index contributed by atoms with van der Waals surface area (Å²) in [5, 5.41) is 9.11. The Balaban J connectivity index is 2.68. The van der Waals surface area contributed by atoms with E-state index < -0.39 is 5.97 Å². The van der Waals surface area contributed by atoms with Gasteiger partial charge in [0.25, 0.3) is 0 Å². The van der Waals surface area contributed by atoms with E-state index in [1.54, 1.807) is 0 Å². The number of carbonyl (C=O) groups is 2. The molecule has 1 aliphatic rings. The molecule has 19 heavy (non-hydrogen) atoms.